The van der Waals surface area contributed by atoms with Crippen LogP contribution in [0.5, 0.6) is 5.75 Å². The van der Waals surface area contributed by atoms with Gasteiger partial charge in [0, 0.05) is 12.6 Å². The number of hydrogen-bond acceptors (Lipinski definition) is 5. The first kappa shape index (κ1) is 16.0. The lowest BCUT2D eigenvalue weighted by Gasteiger charge is -2.12. The Bertz CT molecular complexity index is 609. The highest BCUT2D eigenvalue weighted by Gasteiger charge is 2.13. The summed E-state index contributed by atoms with van der Waals surface area (Å²) in [5, 5.41) is 19.8. The molecule has 2 aromatic rings. The standard InChI is InChI=1S/C15H21N5O2/c1-11(2-3-12-4-6-13(21)7-5-12)17-15(22)14-10-20(9-8-16)19-18-14/h4-7,10-11,21H,2-3,8-9,16H2,1H3,(H,17,22). The molecule has 1 aromatic carbocycles. The third-order valence-electron chi connectivity index (χ3n) is 3.31. The van der Waals surface area contributed by atoms with Crippen LogP contribution in [0, 0.1) is 0 Å². The molecule has 1 heterocycles. The molecule has 0 spiro atoms. The Morgan fingerprint density at radius 3 is 2.82 bits per heavy atom. The van der Waals surface area contributed by atoms with Crippen LogP contribution in [-0.2, 0) is 13.0 Å². The van der Waals surface area contributed by atoms with E-state index >= 15 is 0 Å². The predicted octanol–water partition coefficient (Wildman–Crippen LogP) is 0.694. The van der Waals surface area contributed by atoms with E-state index in [9.17, 15) is 9.90 Å². The molecule has 1 aromatic heterocycles. The fourth-order valence-corrected chi connectivity index (χ4v) is 2.06. The van der Waals surface area contributed by atoms with Crippen LogP contribution in [0.1, 0.15) is 29.4 Å². The number of rotatable bonds is 7. The van der Waals surface area contributed by atoms with Crippen molar-refractivity contribution in [3.63, 3.8) is 0 Å². The number of amides is 1. The minimum atomic E-state index is -0.235. The molecule has 1 unspecified atom stereocenters. The largest absolute Gasteiger partial charge is 0.508 e. The van der Waals surface area contributed by atoms with Gasteiger partial charge in [-0.3, -0.25) is 9.48 Å². The molecule has 0 fully saturated rings. The van der Waals surface area contributed by atoms with Crippen LogP contribution in [-0.4, -0.2) is 38.6 Å². The lowest BCUT2D eigenvalue weighted by atomic mass is 10.1. The van der Waals surface area contributed by atoms with Crippen LogP contribution in [0.2, 0.25) is 0 Å². The summed E-state index contributed by atoms with van der Waals surface area (Å²) in [6.45, 7) is 2.94. The Kier molecular flexibility index (Phi) is 5.48. The van der Waals surface area contributed by atoms with Gasteiger partial charge in [-0.05, 0) is 37.5 Å². The van der Waals surface area contributed by atoms with Gasteiger partial charge in [0.1, 0.15) is 5.75 Å². The fraction of sp³-hybridized carbons (Fsp3) is 0.400. The summed E-state index contributed by atoms with van der Waals surface area (Å²) in [4.78, 5) is 12.0. The van der Waals surface area contributed by atoms with Crippen molar-refractivity contribution in [2.75, 3.05) is 6.54 Å². The zero-order chi connectivity index (χ0) is 15.9. The molecular formula is C15H21N5O2. The Balaban J connectivity index is 1.81. The molecule has 7 heteroatoms. The Labute approximate surface area is 129 Å². The molecule has 1 amide bonds. The summed E-state index contributed by atoms with van der Waals surface area (Å²) < 4.78 is 1.55. The molecule has 7 nitrogen and oxygen atoms in total. The molecule has 0 radical (unpaired) electrons. The number of carbonyl (C=O) groups excluding carboxylic acids is 1. The fourth-order valence-electron chi connectivity index (χ4n) is 2.06. The molecular weight excluding hydrogens is 282 g/mol. The maximum atomic E-state index is 12.0. The summed E-state index contributed by atoms with van der Waals surface area (Å²) in [5.41, 5.74) is 6.84. The predicted molar refractivity (Wildman–Crippen MR) is 82.4 cm³/mol. The van der Waals surface area contributed by atoms with E-state index in [1.54, 1.807) is 23.0 Å². The number of nitrogens with zero attached hydrogens (tertiary/aromatic N) is 3. The van der Waals surface area contributed by atoms with E-state index < -0.39 is 0 Å². The number of nitrogens with two attached hydrogens (primary N) is 1. The zero-order valence-electron chi connectivity index (χ0n) is 12.6. The van der Waals surface area contributed by atoms with Crippen molar-refractivity contribution in [1.82, 2.24) is 20.3 Å². The van der Waals surface area contributed by atoms with Crippen molar-refractivity contribution in [2.45, 2.75) is 32.4 Å². The first-order valence-electron chi connectivity index (χ1n) is 7.27. The van der Waals surface area contributed by atoms with Crippen LogP contribution in [0.15, 0.2) is 30.5 Å². The second-order valence-corrected chi connectivity index (χ2v) is 5.24. The minimum Gasteiger partial charge on any atom is -0.508 e. The number of aromatic hydroxyl groups is 1. The van der Waals surface area contributed by atoms with E-state index in [2.05, 4.69) is 15.6 Å². The third-order valence-corrected chi connectivity index (χ3v) is 3.31. The highest BCUT2D eigenvalue weighted by atomic mass is 16.3. The van der Waals surface area contributed by atoms with Gasteiger partial charge in [0.05, 0.1) is 12.7 Å². The van der Waals surface area contributed by atoms with Gasteiger partial charge < -0.3 is 16.2 Å². The van der Waals surface area contributed by atoms with Gasteiger partial charge in [0.15, 0.2) is 5.69 Å². The number of aromatic nitrogens is 3. The van der Waals surface area contributed by atoms with E-state index in [1.165, 1.54) is 0 Å². The van der Waals surface area contributed by atoms with Gasteiger partial charge in [0.2, 0.25) is 0 Å². The molecule has 4 N–H and O–H groups in total. The number of aryl methyl sites for hydroxylation is 1. The van der Waals surface area contributed by atoms with Crippen molar-refractivity contribution >= 4 is 5.91 Å². The first-order chi connectivity index (χ1) is 10.6. The normalized spacial score (nSPS) is 12.1. The van der Waals surface area contributed by atoms with E-state index in [0.717, 1.165) is 18.4 Å². The Morgan fingerprint density at radius 1 is 1.41 bits per heavy atom. The van der Waals surface area contributed by atoms with Crippen molar-refractivity contribution in [2.24, 2.45) is 5.73 Å². The van der Waals surface area contributed by atoms with Gasteiger partial charge in [0.25, 0.3) is 5.91 Å². The zero-order valence-corrected chi connectivity index (χ0v) is 12.6. The molecule has 1 atom stereocenters. The Hall–Kier alpha value is -2.41. The van der Waals surface area contributed by atoms with Crippen molar-refractivity contribution in [3.8, 4) is 5.75 Å². The van der Waals surface area contributed by atoms with E-state index in [1.807, 2.05) is 19.1 Å². The average molecular weight is 303 g/mol. The lowest BCUT2D eigenvalue weighted by molar-refractivity contribution is 0.0933. The van der Waals surface area contributed by atoms with Crippen molar-refractivity contribution in [3.05, 3.63) is 41.7 Å². The monoisotopic (exact) mass is 303 g/mol. The summed E-state index contributed by atoms with van der Waals surface area (Å²) in [6, 6.07) is 7.09. The maximum absolute atomic E-state index is 12.0. The first-order valence-corrected chi connectivity index (χ1v) is 7.27. The van der Waals surface area contributed by atoms with Gasteiger partial charge in [-0.15, -0.1) is 5.10 Å². The van der Waals surface area contributed by atoms with Crippen molar-refractivity contribution < 1.29 is 9.90 Å². The van der Waals surface area contributed by atoms with Gasteiger partial charge in [-0.1, -0.05) is 17.3 Å². The topological polar surface area (TPSA) is 106 Å². The molecule has 0 aliphatic carbocycles. The van der Waals surface area contributed by atoms with Gasteiger partial charge in [-0.25, -0.2) is 0 Å². The molecule has 0 saturated heterocycles. The minimum absolute atomic E-state index is 0.0148. The smallest absolute Gasteiger partial charge is 0.273 e. The van der Waals surface area contributed by atoms with E-state index in [4.69, 9.17) is 5.73 Å². The lowest BCUT2D eigenvalue weighted by Crippen LogP contribution is -2.33. The number of benzene rings is 1. The summed E-state index contributed by atoms with van der Waals surface area (Å²) >= 11 is 0. The number of nitrogens with one attached hydrogen (secondary N) is 1. The second kappa shape index (κ2) is 7.56. The van der Waals surface area contributed by atoms with Crippen LogP contribution < -0.4 is 11.1 Å². The quantitative estimate of drug-likeness (QED) is 0.698. The molecule has 0 aliphatic heterocycles. The molecule has 0 aliphatic rings. The van der Waals surface area contributed by atoms with E-state index in [-0.39, 0.29) is 17.7 Å². The van der Waals surface area contributed by atoms with Gasteiger partial charge >= 0.3 is 0 Å². The highest BCUT2D eigenvalue weighted by Crippen LogP contribution is 2.12. The maximum Gasteiger partial charge on any atom is 0.273 e. The van der Waals surface area contributed by atoms with Crippen LogP contribution in [0.3, 0.4) is 0 Å². The van der Waals surface area contributed by atoms with Gasteiger partial charge in [-0.2, -0.15) is 0 Å². The highest BCUT2D eigenvalue weighted by molar-refractivity contribution is 5.92. The summed E-state index contributed by atoms with van der Waals surface area (Å²) in [6.07, 6.45) is 3.21. The van der Waals surface area contributed by atoms with E-state index in [0.29, 0.717) is 18.8 Å². The summed E-state index contributed by atoms with van der Waals surface area (Å²) in [7, 11) is 0. The number of phenolic OH excluding ortho intramolecular Hbond substituents is 1. The summed E-state index contributed by atoms with van der Waals surface area (Å²) in [5.74, 6) is 0.0205. The molecule has 0 saturated carbocycles. The van der Waals surface area contributed by atoms with Crippen LogP contribution in [0.4, 0.5) is 0 Å². The van der Waals surface area contributed by atoms with Crippen molar-refractivity contribution in [1.29, 1.82) is 0 Å². The molecule has 0 bridgehead atoms. The SMILES string of the molecule is CC(CCc1ccc(O)cc1)NC(=O)c1cn(CCN)nn1. The average Bonchev–Trinajstić information content (AvgIpc) is 2.96. The molecule has 2 rings (SSSR count). The Morgan fingerprint density at radius 2 is 2.14 bits per heavy atom. The third kappa shape index (κ3) is 4.56. The number of carbonyl (C=O) groups is 1. The van der Waals surface area contributed by atoms with Crippen LogP contribution in [0.25, 0.3) is 0 Å². The van der Waals surface area contributed by atoms with Crippen LogP contribution >= 0.6 is 0 Å². The number of phenols is 1. The molecule has 22 heavy (non-hydrogen) atoms. The second-order valence-electron chi connectivity index (χ2n) is 5.24. The molecule has 118 valence electrons. The number of hydrogen-bond donors (Lipinski definition) is 3.